The molecule has 6 heteroatoms. The predicted octanol–water partition coefficient (Wildman–Crippen LogP) is 7.15. The number of nitrogens with zero attached hydrogens (tertiary/aromatic N) is 4. The number of hydrogen-bond donors (Lipinski definition) is 0. The highest BCUT2D eigenvalue weighted by Crippen LogP contribution is 2.40. The zero-order chi connectivity index (χ0) is 24.2. The second-order valence-corrected chi connectivity index (χ2v) is 10.2. The Hall–Kier alpha value is -2.99. The number of amidine groups is 1. The van der Waals surface area contributed by atoms with Crippen LogP contribution in [-0.4, -0.2) is 53.3 Å². The number of thiazole rings is 1. The van der Waals surface area contributed by atoms with Crippen LogP contribution in [0.5, 0.6) is 0 Å². The molecule has 1 aromatic heterocycles. The van der Waals surface area contributed by atoms with Crippen LogP contribution in [0, 0.1) is 6.92 Å². The summed E-state index contributed by atoms with van der Waals surface area (Å²) in [6.45, 7) is 9.45. The molecule has 178 valence electrons. The summed E-state index contributed by atoms with van der Waals surface area (Å²) in [6, 6.07) is 26.9. The minimum absolute atomic E-state index is 0.722. The number of benzene rings is 3. The van der Waals surface area contributed by atoms with Gasteiger partial charge in [-0.1, -0.05) is 102 Å². The third-order valence-electron chi connectivity index (χ3n) is 6.38. The molecule has 0 unspecified atom stereocenters. The smallest absolute Gasteiger partial charge is 0.146 e. The molecule has 0 bridgehead atoms. The van der Waals surface area contributed by atoms with Gasteiger partial charge in [-0.2, -0.15) is 0 Å². The fraction of sp³-hybridized carbons (Fsp3) is 0.241. The van der Waals surface area contributed by atoms with Crippen molar-refractivity contribution in [1.82, 2.24) is 14.8 Å². The molecule has 2 heterocycles. The first-order chi connectivity index (χ1) is 17.1. The van der Waals surface area contributed by atoms with Gasteiger partial charge in [0.2, 0.25) is 0 Å². The van der Waals surface area contributed by atoms with Gasteiger partial charge in [-0.25, -0.2) is 9.98 Å². The lowest BCUT2D eigenvalue weighted by molar-refractivity contribution is 0.190. The predicted molar refractivity (Wildman–Crippen MR) is 149 cm³/mol. The van der Waals surface area contributed by atoms with Crippen molar-refractivity contribution >= 4 is 33.8 Å². The van der Waals surface area contributed by atoms with Crippen molar-refractivity contribution in [3.05, 3.63) is 95.0 Å². The number of halogens is 1. The molecule has 1 aliphatic rings. The van der Waals surface area contributed by atoms with E-state index in [4.69, 9.17) is 21.6 Å². The van der Waals surface area contributed by atoms with Crippen molar-refractivity contribution in [2.75, 3.05) is 32.7 Å². The molecule has 35 heavy (non-hydrogen) atoms. The van der Waals surface area contributed by atoms with Crippen LogP contribution in [0.3, 0.4) is 0 Å². The minimum Gasteiger partial charge on any atom is -0.354 e. The van der Waals surface area contributed by atoms with Crippen molar-refractivity contribution in [3.63, 3.8) is 0 Å². The third kappa shape index (κ3) is 5.48. The highest BCUT2D eigenvalue weighted by atomic mass is 35.5. The van der Waals surface area contributed by atoms with Gasteiger partial charge in [0.25, 0.3) is 0 Å². The second-order valence-electron chi connectivity index (χ2n) is 8.77. The Morgan fingerprint density at radius 1 is 0.886 bits per heavy atom. The lowest BCUT2D eigenvalue weighted by Gasteiger charge is -2.36. The quantitative estimate of drug-likeness (QED) is 0.215. The number of likely N-dealkylation sites (N-methyl/N-ethyl adjacent to an activating group) is 1. The summed E-state index contributed by atoms with van der Waals surface area (Å²) in [7, 11) is 0. The van der Waals surface area contributed by atoms with E-state index in [0.717, 1.165) is 76.0 Å². The molecule has 1 aliphatic heterocycles. The van der Waals surface area contributed by atoms with Gasteiger partial charge in [0, 0.05) is 47.9 Å². The largest absolute Gasteiger partial charge is 0.354 e. The first-order valence-electron chi connectivity index (χ1n) is 12.1. The maximum Gasteiger partial charge on any atom is 0.146 e. The van der Waals surface area contributed by atoms with Gasteiger partial charge < -0.3 is 9.80 Å². The van der Waals surface area contributed by atoms with Crippen LogP contribution in [0.25, 0.3) is 21.8 Å². The van der Waals surface area contributed by atoms with E-state index in [1.54, 1.807) is 11.3 Å². The Balaban J connectivity index is 1.62. The summed E-state index contributed by atoms with van der Waals surface area (Å²) < 4.78 is 0. The first-order valence-corrected chi connectivity index (χ1v) is 13.3. The Morgan fingerprint density at radius 2 is 1.57 bits per heavy atom. The fourth-order valence-corrected chi connectivity index (χ4v) is 5.37. The molecule has 3 aromatic carbocycles. The molecule has 0 saturated carbocycles. The SMILES string of the molecule is CCN1CCN(/C(=N\c2sc(-c3ccc(Cl)cc3)nc2-c2ccccc2)c2ccc(C)cc2)CC1. The number of hydrogen-bond acceptors (Lipinski definition) is 4. The normalized spacial score (nSPS) is 14.9. The van der Waals surface area contributed by atoms with Gasteiger partial charge in [-0.05, 0) is 25.6 Å². The lowest BCUT2D eigenvalue weighted by atomic mass is 10.1. The molecule has 0 radical (unpaired) electrons. The van der Waals surface area contributed by atoms with Gasteiger partial charge in [-0.15, -0.1) is 0 Å². The van der Waals surface area contributed by atoms with E-state index in [9.17, 15) is 0 Å². The van der Waals surface area contributed by atoms with Gasteiger partial charge in [0.1, 0.15) is 21.5 Å². The lowest BCUT2D eigenvalue weighted by Crippen LogP contribution is -2.48. The minimum atomic E-state index is 0.722. The standard InChI is InChI=1S/C29H29ClN4S/c1-3-33-17-19-34(20-18-33)27(23-11-9-21(2)10-12-23)32-29-26(22-7-5-4-6-8-22)31-28(35-29)24-13-15-25(30)16-14-24/h4-16H,3,17-20H2,1-2H3/b32-27-. The molecule has 1 fully saturated rings. The fourth-order valence-electron chi connectivity index (χ4n) is 4.28. The maximum absolute atomic E-state index is 6.14. The van der Waals surface area contributed by atoms with Crippen LogP contribution in [0.1, 0.15) is 18.1 Å². The third-order valence-corrected chi connectivity index (χ3v) is 7.63. The number of piperazine rings is 1. The number of rotatable bonds is 5. The summed E-state index contributed by atoms with van der Waals surface area (Å²) in [5.41, 5.74) is 5.42. The molecular formula is C29H29ClN4S. The highest BCUT2D eigenvalue weighted by molar-refractivity contribution is 7.19. The van der Waals surface area contributed by atoms with Crippen LogP contribution >= 0.6 is 22.9 Å². The molecule has 0 spiro atoms. The molecule has 0 amide bonds. The van der Waals surface area contributed by atoms with Crippen molar-refractivity contribution in [2.45, 2.75) is 13.8 Å². The van der Waals surface area contributed by atoms with E-state index in [1.807, 2.05) is 30.3 Å². The van der Waals surface area contributed by atoms with Crippen molar-refractivity contribution in [2.24, 2.45) is 4.99 Å². The Bertz CT molecular complexity index is 1290. The maximum atomic E-state index is 6.14. The van der Waals surface area contributed by atoms with E-state index < -0.39 is 0 Å². The Labute approximate surface area is 216 Å². The van der Waals surface area contributed by atoms with E-state index in [1.165, 1.54) is 5.56 Å². The van der Waals surface area contributed by atoms with Crippen molar-refractivity contribution in [3.8, 4) is 21.8 Å². The molecule has 5 rings (SSSR count). The molecular weight excluding hydrogens is 472 g/mol. The van der Waals surface area contributed by atoms with E-state index >= 15 is 0 Å². The summed E-state index contributed by atoms with van der Waals surface area (Å²) in [4.78, 5) is 15.3. The summed E-state index contributed by atoms with van der Waals surface area (Å²) in [5.74, 6) is 1.02. The Kier molecular flexibility index (Phi) is 7.28. The summed E-state index contributed by atoms with van der Waals surface area (Å²) in [6.07, 6.45) is 0. The number of aryl methyl sites for hydroxylation is 1. The topological polar surface area (TPSA) is 31.7 Å². The summed E-state index contributed by atoms with van der Waals surface area (Å²) in [5, 5.41) is 2.59. The monoisotopic (exact) mass is 500 g/mol. The second kappa shape index (κ2) is 10.7. The van der Waals surface area contributed by atoms with Crippen molar-refractivity contribution < 1.29 is 0 Å². The Morgan fingerprint density at radius 3 is 2.23 bits per heavy atom. The molecule has 0 aliphatic carbocycles. The van der Waals surface area contributed by atoms with Crippen LogP contribution in [0.2, 0.25) is 5.02 Å². The van der Waals surface area contributed by atoms with Crippen LogP contribution in [0.4, 0.5) is 5.00 Å². The van der Waals surface area contributed by atoms with Crippen LogP contribution < -0.4 is 0 Å². The first kappa shape index (κ1) is 23.7. The van der Waals surface area contributed by atoms with Crippen LogP contribution in [-0.2, 0) is 0 Å². The molecule has 0 atom stereocenters. The van der Waals surface area contributed by atoms with Gasteiger partial charge in [0.15, 0.2) is 0 Å². The van der Waals surface area contributed by atoms with Crippen molar-refractivity contribution in [1.29, 1.82) is 0 Å². The average molecular weight is 501 g/mol. The van der Waals surface area contributed by atoms with Gasteiger partial charge in [-0.3, -0.25) is 0 Å². The average Bonchev–Trinajstić information content (AvgIpc) is 3.33. The van der Waals surface area contributed by atoms with Gasteiger partial charge in [0.05, 0.1) is 0 Å². The van der Waals surface area contributed by atoms with E-state index in [0.29, 0.717) is 0 Å². The zero-order valence-corrected chi connectivity index (χ0v) is 21.7. The molecule has 4 nitrogen and oxygen atoms in total. The van der Waals surface area contributed by atoms with Gasteiger partial charge >= 0.3 is 0 Å². The molecule has 0 N–H and O–H groups in total. The number of aliphatic imine (C=N–C) groups is 1. The van der Waals surface area contributed by atoms with E-state index in [2.05, 4.69) is 72.2 Å². The summed E-state index contributed by atoms with van der Waals surface area (Å²) >= 11 is 7.77. The van der Waals surface area contributed by atoms with Crippen LogP contribution in [0.15, 0.2) is 83.9 Å². The number of aromatic nitrogens is 1. The zero-order valence-electron chi connectivity index (χ0n) is 20.1. The van der Waals surface area contributed by atoms with E-state index in [-0.39, 0.29) is 0 Å². The highest BCUT2D eigenvalue weighted by Gasteiger charge is 2.22. The molecule has 4 aromatic rings. The molecule has 1 saturated heterocycles.